The summed E-state index contributed by atoms with van der Waals surface area (Å²) in [4.78, 5) is 4.05. The summed E-state index contributed by atoms with van der Waals surface area (Å²) in [7, 11) is -2.36. The molecule has 0 amide bonds. The number of benzene rings is 2. The Morgan fingerprint density at radius 1 is 1.24 bits per heavy atom. The summed E-state index contributed by atoms with van der Waals surface area (Å²) in [6.45, 7) is 0. The monoisotopic (exact) mass is 443 g/mol. The molecule has 29 heavy (non-hydrogen) atoms. The maximum absolute atomic E-state index is 12.7. The van der Waals surface area contributed by atoms with Gasteiger partial charge in [0.1, 0.15) is 0 Å². The molecule has 0 bridgehead atoms. The average Bonchev–Trinajstić information content (AvgIpc) is 3.17. The number of nitrogens with zero attached hydrogens (tertiary/aromatic N) is 3. The Bertz CT molecular complexity index is 1350. The third kappa shape index (κ3) is 3.83. The number of anilines is 2. The standard InChI is InChI=1S/C16H12F3N5O3S2/c1-24-11-3-5-13-14(9(11)7-21-24)23-15(28-13)22-10-6-8(29(20,25)26)2-4-12(10)27-16(17,18)19/h2-7H,1H3,(H,22,23)(H2,20,25,26). The minimum atomic E-state index is -4.96. The molecule has 0 unspecified atom stereocenters. The molecule has 2 aromatic heterocycles. The number of halogens is 3. The van der Waals surface area contributed by atoms with Gasteiger partial charge in [-0.2, -0.15) is 5.10 Å². The van der Waals surface area contributed by atoms with Crippen molar-refractivity contribution < 1.29 is 26.3 Å². The molecule has 0 radical (unpaired) electrons. The number of rotatable bonds is 4. The minimum Gasteiger partial charge on any atom is -0.404 e. The number of fused-ring (bicyclic) bond motifs is 3. The molecule has 152 valence electrons. The molecule has 2 heterocycles. The highest BCUT2D eigenvalue weighted by atomic mass is 32.2. The normalized spacial score (nSPS) is 12.6. The highest BCUT2D eigenvalue weighted by molar-refractivity contribution is 7.89. The number of sulfonamides is 1. The van der Waals surface area contributed by atoms with Crippen molar-refractivity contribution in [1.29, 1.82) is 0 Å². The zero-order valence-corrected chi connectivity index (χ0v) is 16.2. The molecule has 0 saturated heterocycles. The summed E-state index contributed by atoms with van der Waals surface area (Å²) in [5.74, 6) is -0.615. The van der Waals surface area contributed by atoms with E-state index < -0.39 is 22.1 Å². The first kappa shape index (κ1) is 19.4. The number of hydrogen-bond donors (Lipinski definition) is 2. The van der Waals surface area contributed by atoms with E-state index in [0.29, 0.717) is 5.52 Å². The molecular weight excluding hydrogens is 431 g/mol. The average molecular weight is 443 g/mol. The molecule has 0 saturated carbocycles. The second-order valence-electron chi connectivity index (χ2n) is 6.01. The van der Waals surface area contributed by atoms with Crippen molar-refractivity contribution in [3.05, 3.63) is 36.5 Å². The first-order valence-electron chi connectivity index (χ1n) is 7.92. The Labute approximate surface area is 165 Å². The number of primary sulfonamides is 1. The number of thiazole rings is 1. The predicted octanol–water partition coefficient (Wildman–Crippen LogP) is 3.47. The lowest BCUT2D eigenvalue weighted by atomic mass is 10.2. The quantitative estimate of drug-likeness (QED) is 0.500. The van der Waals surface area contributed by atoms with Gasteiger partial charge < -0.3 is 10.1 Å². The van der Waals surface area contributed by atoms with Gasteiger partial charge in [-0.15, -0.1) is 13.2 Å². The Morgan fingerprint density at radius 2 is 2.00 bits per heavy atom. The molecule has 0 atom stereocenters. The zero-order valence-electron chi connectivity index (χ0n) is 14.6. The lowest BCUT2D eigenvalue weighted by molar-refractivity contribution is -0.274. The summed E-state index contributed by atoms with van der Waals surface area (Å²) in [5, 5.41) is 13.0. The highest BCUT2D eigenvalue weighted by Gasteiger charge is 2.32. The van der Waals surface area contributed by atoms with Gasteiger partial charge in [0.2, 0.25) is 10.0 Å². The van der Waals surface area contributed by atoms with Crippen LogP contribution in [-0.2, 0) is 17.1 Å². The first-order chi connectivity index (χ1) is 13.5. The van der Waals surface area contributed by atoms with Gasteiger partial charge in [0, 0.05) is 12.4 Å². The van der Waals surface area contributed by atoms with Gasteiger partial charge in [-0.25, -0.2) is 18.5 Å². The van der Waals surface area contributed by atoms with Gasteiger partial charge in [0.15, 0.2) is 10.9 Å². The SMILES string of the molecule is Cn1ncc2c3nc(Nc4cc(S(N)(=O)=O)ccc4OC(F)(F)F)sc3ccc21. The Kier molecular flexibility index (Phi) is 4.40. The summed E-state index contributed by atoms with van der Waals surface area (Å²) < 4.78 is 67.8. The molecule has 4 aromatic rings. The predicted molar refractivity (Wildman–Crippen MR) is 102 cm³/mol. The molecule has 0 aliphatic carbocycles. The van der Waals surface area contributed by atoms with E-state index in [4.69, 9.17) is 5.14 Å². The number of aromatic nitrogens is 3. The summed E-state index contributed by atoms with van der Waals surface area (Å²) in [6.07, 6.45) is -3.32. The van der Waals surface area contributed by atoms with Crippen LogP contribution in [0.15, 0.2) is 41.4 Å². The third-order valence-electron chi connectivity index (χ3n) is 4.03. The topological polar surface area (TPSA) is 112 Å². The molecule has 2 aromatic carbocycles. The summed E-state index contributed by atoms with van der Waals surface area (Å²) >= 11 is 1.18. The summed E-state index contributed by atoms with van der Waals surface area (Å²) in [6, 6.07) is 6.44. The maximum atomic E-state index is 12.7. The fourth-order valence-corrected chi connectivity index (χ4v) is 4.22. The van der Waals surface area contributed by atoms with Gasteiger partial charge in [0.05, 0.1) is 32.5 Å². The van der Waals surface area contributed by atoms with Crippen LogP contribution in [-0.4, -0.2) is 29.5 Å². The van der Waals surface area contributed by atoms with Crippen molar-refractivity contribution in [1.82, 2.24) is 14.8 Å². The number of hydrogen-bond acceptors (Lipinski definition) is 7. The molecule has 0 spiro atoms. The van der Waals surface area contributed by atoms with Crippen molar-refractivity contribution in [2.75, 3.05) is 5.32 Å². The molecule has 0 fully saturated rings. The molecule has 0 aliphatic heterocycles. The van der Waals surface area contributed by atoms with Crippen molar-refractivity contribution in [2.45, 2.75) is 11.3 Å². The lowest BCUT2D eigenvalue weighted by Crippen LogP contribution is -2.18. The first-order valence-corrected chi connectivity index (χ1v) is 10.3. The van der Waals surface area contributed by atoms with Crippen LogP contribution in [0.5, 0.6) is 5.75 Å². The van der Waals surface area contributed by atoms with E-state index in [1.54, 1.807) is 17.9 Å². The van der Waals surface area contributed by atoms with Crippen LogP contribution in [0.4, 0.5) is 24.0 Å². The van der Waals surface area contributed by atoms with Crippen molar-refractivity contribution >= 4 is 53.3 Å². The Balaban J connectivity index is 1.80. The van der Waals surface area contributed by atoms with E-state index in [9.17, 15) is 21.6 Å². The van der Waals surface area contributed by atoms with Crippen molar-refractivity contribution in [3.8, 4) is 5.75 Å². The van der Waals surface area contributed by atoms with Crippen molar-refractivity contribution in [2.24, 2.45) is 12.2 Å². The summed E-state index contributed by atoms with van der Waals surface area (Å²) in [5.41, 5.74) is 1.21. The molecule has 0 aliphatic rings. The van der Waals surface area contributed by atoms with E-state index in [1.807, 2.05) is 12.1 Å². The molecular formula is C16H12F3N5O3S2. The largest absolute Gasteiger partial charge is 0.573 e. The highest BCUT2D eigenvalue weighted by Crippen LogP contribution is 2.37. The fourth-order valence-electron chi connectivity index (χ4n) is 2.79. The van der Waals surface area contributed by atoms with E-state index >= 15 is 0 Å². The molecule has 13 heteroatoms. The van der Waals surface area contributed by atoms with Gasteiger partial charge in [-0.05, 0) is 30.3 Å². The number of alkyl halides is 3. The van der Waals surface area contributed by atoms with E-state index in [2.05, 4.69) is 20.1 Å². The van der Waals surface area contributed by atoms with Crippen LogP contribution in [0.1, 0.15) is 0 Å². The van der Waals surface area contributed by atoms with Gasteiger partial charge >= 0.3 is 6.36 Å². The number of nitrogens with one attached hydrogen (secondary N) is 1. The van der Waals surface area contributed by atoms with Crippen LogP contribution < -0.4 is 15.2 Å². The lowest BCUT2D eigenvalue weighted by Gasteiger charge is -2.14. The third-order valence-corrected chi connectivity index (χ3v) is 5.88. The second-order valence-corrected chi connectivity index (χ2v) is 8.60. The van der Waals surface area contributed by atoms with E-state index in [0.717, 1.165) is 33.8 Å². The maximum Gasteiger partial charge on any atom is 0.573 e. The van der Waals surface area contributed by atoms with Crippen LogP contribution in [0.2, 0.25) is 0 Å². The fraction of sp³-hybridized carbons (Fsp3) is 0.125. The van der Waals surface area contributed by atoms with E-state index in [-0.39, 0.29) is 15.7 Å². The van der Waals surface area contributed by atoms with Crippen molar-refractivity contribution in [3.63, 3.8) is 0 Å². The molecule has 8 nitrogen and oxygen atoms in total. The van der Waals surface area contributed by atoms with Gasteiger partial charge in [0.25, 0.3) is 0 Å². The zero-order chi connectivity index (χ0) is 21.0. The smallest absolute Gasteiger partial charge is 0.404 e. The Hall–Kier alpha value is -2.90. The van der Waals surface area contributed by atoms with Crippen LogP contribution >= 0.6 is 11.3 Å². The number of nitrogens with two attached hydrogens (primary N) is 1. The van der Waals surface area contributed by atoms with Crippen LogP contribution in [0.3, 0.4) is 0 Å². The number of aryl methyl sites for hydroxylation is 1. The van der Waals surface area contributed by atoms with E-state index in [1.165, 1.54) is 11.3 Å². The van der Waals surface area contributed by atoms with Crippen LogP contribution in [0, 0.1) is 0 Å². The second kappa shape index (κ2) is 6.57. The number of ether oxygens (including phenoxy) is 1. The minimum absolute atomic E-state index is 0.240. The van der Waals surface area contributed by atoms with Gasteiger partial charge in [-0.3, -0.25) is 4.68 Å². The molecule has 4 rings (SSSR count). The molecule has 3 N–H and O–H groups in total. The van der Waals surface area contributed by atoms with Crippen LogP contribution in [0.25, 0.3) is 21.1 Å². The van der Waals surface area contributed by atoms with Gasteiger partial charge in [-0.1, -0.05) is 11.3 Å². The Morgan fingerprint density at radius 3 is 2.69 bits per heavy atom.